The third-order valence-electron chi connectivity index (χ3n) is 3.56. The number of anilines is 1. The number of carbonyl (C=O) groups is 1. The average molecular weight is 294 g/mol. The Kier molecular flexibility index (Phi) is 4.62. The molecule has 1 atom stereocenters. The summed E-state index contributed by atoms with van der Waals surface area (Å²) in [6.07, 6.45) is 1.61. The number of carbonyl (C=O) groups excluding carboxylic acids is 1. The predicted octanol–water partition coefficient (Wildman–Crippen LogP) is 2.08. The normalized spacial score (nSPS) is 18.3. The Hall–Kier alpha value is -2.31. The van der Waals surface area contributed by atoms with Gasteiger partial charge in [-0.2, -0.15) is 0 Å². The van der Waals surface area contributed by atoms with Gasteiger partial charge < -0.3 is 14.7 Å². The molecule has 0 saturated carbocycles. The molecule has 7 nitrogen and oxygen atoms in total. The quantitative estimate of drug-likeness (QED) is 0.519. The standard InChI is InChI=1S/C14H18N2O5/c1-2-21-14(18)10-4-3-7-15(9-10)11-5-6-12(16(19)20)13(17)8-11/h5-6,8,10,17H,2-4,7,9H2,1H3/t10-/m1/s1. The van der Waals surface area contributed by atoms with E-state index >= 15 is 0 Å². The first-order chi connectivity index (χ1) is 10.0. The van der Waals surface area contributed by atoms with E-state index in [1.807, 2.05) is 4.90 Å². The van der Waals surface area contributed by atoms with E-state index in [0.717, 1.165) is 19.4 Å². The first-order valence-electron chi connectivity index (χ1n) is 6.92. The molecule has 1 aromatic rings. The van der Waals surface area contributed by atoms with E-state index < -0.39 is 4.92 Å². The number of esters is 1. The molecule has 1 N–H and O–H groups in total. The van der Waals surface area contributed by atoms with Crippen LogP contribution in [0.15, 0.2) is 18.2 Å². The highest BCUT2D eigenvalue weighted by atomic mass is 16.6. The minimum absolute atomic E-state index is 0.198. The number of piperidine rings is 1. The van der Waals surface area contributed by atoms with Crippen molar-refractivity contribution in [3.63, 3.8) is 0 Å². The lowest BCUT2D eigenvalue weighted by atomic mass is 9.97. The number of phenolic OH excluding ortho intramolecular Hbond substituents is 1. The Morgan fingerprint density at radius 3 is 2.95 bits per heavy atom. The maximum absolute atomic E-state index is 11.8. The van der Waals surface area contributed by atoms with E-state index in [-0.39, 0.29) is 23.3 Å². The Labute approximate surface area is 122 Å². The van der Waals surface area contributed by atoms with Gasteiger partial charge in [-0.25, -0.2) is 0 Å². The van der Waals surface area contributed by atoms with Crippen molar-refractivity contribution >= 4 is 17.3 Å². The van der Waals surface area contributed by atoms with Gasteiger partial charge in [0.25, 0.3) is 0 Å². The molecule has 0 aliphatic carbocycles. The molecule has 21 heavy (non-hydrogen) atoms. The highest BCUT2D eigenvalue weighted by Gasteiger charge is 2.27. The third-order valence-corrected chi connectivity index (χ3v) is 3.56. The summed E-state index contributed by atoms with van der Waals surface area (Å²) in [4.78, 5) is 23.8. The molecule has 0 bridgehead atoms. The highest BCUT2D eigenvalue weighted by Crippen LogP contribution is 2.32. The van der Waals surface area contributed by atoms with Crippen LogP contribution in [0.2, 0.25) is 0 Å². The third kappa shape index (κ3) is 3.42. The molecular formula is C14H18N2O5. The lowest BCUT2D eigenvalue weighted by molar-refractivity contribution is -0.385. The highest BCUT2D eigenvalue weighted by molar-refractivity contribution is 5.74. The summed E-state index contributed by atoms with van der Waals surface area (Å²) in [5, 5.41) is 20.4. The van der Waals surface area contributed by atoms with Gasteiger partial charge in [0.1, 0.15) is 0 Å². The van der Waals surface area contributed by atoms with E-state index in [1.165, 1.54) is 12.1 Å². The number of ether oxygens (including phenoxy) is 1. The van der Waals surface area contributed by atoms with Gasteiger partial charge in [-0.3, -0.25) is 14.9 Å². The summed E-state index contributed by atoms with van der Waals surface area (Å²) >= 11 is 0. The fourth-order valence-corrected chi connectivity index (χ4v) is 2.53. The Balaban J connectivity index is 2.12. The second-order valence-electron chi connectivity index (χ2n) is 4.97. The molecule has 1 fully saturated rings. The minimum atomic E-state index is -0.628. The first kappa shape index (κ1) is 15.1. The molecule has 0 unspecified atom stereocenters. The summed E-state index contributed by atoms with van der Waals surface area (Å²) in [6.45, 7) is 3.36. The van der Waals surface area contributed by atoms with Gasteiger partial charge in [-0.15, -0.1) is 0 Å². The van der Waals surface area contributed by atoms with Gasteiger partial charge in [-0.05, 0) is 25.8 Å². The molecule has 1 saturated heterocycles. The maximum atomic E-state index is 11.8. The van der Waals surface area contributed by atoms with Crippen molar-refractivity contribution in [3.05, 3.63) is 28.3 Å². The second kappa shape index (κ2) is 6.43. The second-order valence-corrected chi connectivity index (χ2v) is 4.97. The molecule has 1 aliphatic rings. The van der Waals surface area contributed by atoms with Crippen LogP contribution in [0.5, 0.6) is 5.75 Å². The number of hydrogen-bond acceptors (Lipinski definition) is 6. The monoisotopic (exact) mass is 294 g/mol. The molecule has 1 aromatic carbocycles. The minimum Gasteiger partial charge on any atom is -0.502 e. The molecular weight excluding hydrogens is 276 g/mol. The summed E-state index contributed by atoms with van der Waals surface area (Å²) in [7, 11) is 0. The summed E-state index contributed by atoms with van der Waals surface area (Å²) < 4.78 is 5.04. The Morgan fingerprint density at radius 2 is 2.33 bits per heavy atom. The molecule has 0 aromatic heterocycles. The molecule has 114 valence electrons. The lowest BCUT2D eigenvalue weighted by Gasteiger charge is -2.33. The Morgan fingerprint density at radius 1 is 1.57 bits per heavy atom. The van der Waals surface area contributed by atoms with E-state index in [4.69, 9.17) is 4.74 Å². The zero-order chi connectivity index (χ0) is 15.4. The van der Waals surface area contributed by atoms with E-state index in [9.17, 15) is 20.0 Å². The summed E-state index contributed by atoms with van der Waals surface area (Å²) in [5.41, 5.74) is 0.352. The van der Waals surface area contributed by atoms with Crippen LogP contribution in [0.3, 0.4) is 0 Å². The Bertz CT molecular complexity index is 546. The summed E-state index contributed by atoms with van der Waals surface area (Å²) in [6, 6.07) is 4.23. The van der Waals surface area contributed by atoms with Gasteiger partial charge in [0.05, 0.1) is 17.4 Å². The fourth-order valence-electron chi connectivity index (χ4n) is 2.53. The number of hydrogen-bond donors (Lipinski definition) is 1. The van der Waals surface area contributed by atoms with Crippen molar-refractivity contribution < 1.29 is 19.6 Å². The van der Waals surface area contributed by atoms with Crippen molar-refractivity contribution in [1.29, 1.82) is 0 Å². The molecule has 0 radical (unpaired) electrons. The van der Waals surface area contributed by atoms with Crippen molar-refractivity contribution in [2.24, 2.45) is 5.92 Å². The largest absolute Gasteiger partial charge is 0.502 e. The van der Waals surface area contributed by atoms with Crippen LogP contribution >= 0.6 is 0 Å². The fraction of sp³-hybridized carbons (Fsp3) is 0.500. The van der Waals surface area contributed by atoms with Crippen LogP contribution in [-0.2, 0) is 9.53 Å². The van der Waals surface area contributed by atoms with Gasteiger partial charge in [-0.1, -0.05) is 0 Å². The van der Waals surface area contributed by atoms with Crippen LogP contribution < -0.4 is 4.90 Å². The maximum Gasteiger partial charge on any atom is 0.310 e. The van der Waals surface area contributed by atoms with Crippen LogP contribution in [-0.4, -0.2) is 35.7 Å². The number of rotatable bonds is 4. The van der Waals surface area contributed by atoms with Crippen LogP contribution in [0.1, 0.15) is 19.8 Å². The molecule has 1 heterocycles. The van der Waals surface area contributed by atoms with E-state index in [0.29, 0.717) is 18.8 Å². The van der Waals surface area contributed by atoms with Crippen molar-refractivity contribution in [3.8, 4) is 5.75 Å². The zero-order valence-corrected chi connectivity index (χ0v) is 11.8. The topological polar surface area (TPSA) is 92.9 Å². The smallest absolute Gasteiger partial charge is 0.310 e. The van der Waals surface area contributed by atoms with E-state index in [1.54, 1.807) is 13.0 Å². The SMILES string of the molecule is CCOC(=O)[C@@H]1CCCN(c2ccc([N+](=O)[O-])c(O)c2)C1. The molecule has 0 spiro atoms. The molecule has 7 heteroatoms. The van der Waals surface area contributed by atoms with Crippen molar-refractivity contribution in [2.75, 3.05) is 24.6 Å². The average Bonchev–Trinajstić information content (AvgIpc) is 2.47. The molecule has 2 rings (SSSR count). The van der Waals surface area contributed by atoms with Gasteiger partial charge >= 0.3 is 11.7 Å². The number of nitro groups is 1. The van der Waals surface area contributed by atoms with Crippen LogP contribution in [0.25, 0.3) is 0 Å². The van der Waals surface area contributed by atoms with Crippen LogP contribution in [0.4, 0.5) is 11.4 Å². The van der Waals surface area contributed by atoms with Gasteiger partial charge in [0.2, 0.25) is 0 Å². The van der Waals surface area contributed by atoms with Gasteiger partial charge in [0.15, 0.2) is 5.75 Å². The van der Waals surface area contributed by atoms with Crippen molar-refractivity contribution in [1.82, 2.24) is 0 Å². The van der Waals surface area contributed by atoms with Gasteiger partial charge in [0, 0.05) is 30.9 Å². The summed E-state index contributed by atoms with van der Waals surface area (Å²) in [5.74, 6) is -0.778. The molecule has 0 amide bonds. The number of nitro benzene ring substituents is 1. The number of benzene rings is 1. The first-order valence-corrected chi connectivity index (χ1v) is 6.92. The number of aromatic hydroxyl groups is 1. The predicted molar refractivity (Wildman–Crippen MR) is 76.3 cm³/mol. The van der Waals surface area contributed by atoms with Crippen molar-refractivity contribution in [2.45, 2.75) is 19.8 Å². The zero-order valence-electron chi connectivity index (χ0n) is 11.8. The number of phenols is 1. The van der Waals surface area contributed by atoms with Crippen LogP contribution in [0, 0.1) is 16.0 Å². The number of nitrogens with zero attached hydrogens (tertiary/aromatic N) is 2. The van der Waals surface area contributed by atoms with E-state index in [2.05, 4.69) is 0 Å². The lowest BCUT2D eigenvalue weighted by Crippen LogP contribution is -2.39. The molecule has 1 aliphatic heterocycles.